The lowest BCUT2D eigenvalue weighted by Gasteiger charge is -2.12. The Bertz CT molecular complexity index is 830. The lowest BCUT2D eigenvalue weighted by atomic mass is 10.0. The number of halogens is 3. The molecule has 1 unspecified atom stereocenters. The summed E-state index contributed by atoms with van der Waals surface area (Å²) < 4.78 is 52.3. The smallest absolute Gasteiger partial charge is 0.417 e. The van der Waals surface area contributed by atoms with Crippen molar-refractivity contribution in [3.05, 3.63) is 48.2 Å². The second-order valence-electron chi connectivity index (χ2n) is 4.59. The van der Waals surface area contributed by atoms with Crippen molar-refractivity contribution < 1.29 is 17.7 Å². The molecule has 0 saturated carbocycles. The molecule has 2 heterocycles. The molecule has 0 aliphatic carbocycles. The van der Waals surface area contributed by atoms with Crippen LogP contribution < -0.4 is 0 Å². The molecule has 22 heavy (non-hydrogen) atoms. The third-order valence-corrected chi connectivity index (χ3v) is 3.84. The molecule has 3 rings (SSSR count). The molecular weight excluding hydrogens is 315 g/mol. The molecule has 0 amide bonds. The summed E-state index contributed by atoms with van der Waals surface area (Å²) in [7, 11) is 0. The summed E-state index contributed by atoms with van der Waals surface area (Å²) in [6.07, 6.45) is -1.62. The van der Waals surface area contributed by atoms with Gasteiger partial charge in [0.05, 0.1) is 23.0 Å². The van der Waals surface area contributed by atoms with Crippen LogP contribution in [0.4, 0.5) is 13.2 Å². The van der Waals surface area contributed by atoms with Crippen molar-refractivity contribution in [2.75, 3.05) is 6.26 Å². The number of nitrogens with zero attached hydrogens (tertiary/aromatic N) is 3. The Kier molecular flexibility index (Phi) is 3.57. The molecule has 0 spiro atoms. The highest BCUT2D eigenvalue weighted by Crippen LogP contribution is 2.37. The molecule has 0 radical (unpaired) electrons. The third kappa shape index (κ3) is 2.55. The first-order valence-corrected chi connectivity index (χ1v) is 7.78. The van der Waals surface area contributed by atoms with E-state index in [1.54, 1.807) is 6.07 Å². The lowest BCUT2D eigenvalue weighted by molar-refractivity contribution is -0.137. The first-order chi connectivity index (χ1) is 10.4. The Morgan fingerprint density at radius 3 is 2.55 bits per heavy atom. The molecule has 0 aliphatic rings. The van der Waals surface area contributed by atoms with Gasteiger partial charge in [-0.2, -0.15) is 18.2 Å². The van der Waals surface area contributed by atoms with E-state index in [1.165, 1.54) is 41.2 Å². The Labute approximate surface area is 126 Å². The normalized spacial score (nSPS) is 13.5. The highest BCUT2D eigenvalue weighted by molar-refractivity contribution is 7.90. The largest absolute Gasteiger partial charge is 0.609 e. The Morgan fingerprint density at radius 1 is 1.14 bits per heavy atom. The Morgan fingerprint density at radius 2 is 1.86 bits per heavy atom. The molecule has 3 aromatic rings. The Hall–Kier alpha value is -2.06. The zero-order chi connectivity index (χ0) is 15.9. The summed E-state index contributed by atoms with van der Waals surface area (Å²) in [5.74, 6) is 0. The highest BCUT2D eigenvalue weighted by Gasteiger charge is 2.34. The predicted molar refractivity (Wildman–Crippen MR) is 75.8 cm³/mol. The maximum Gasteiger partial charge on any atom is 0.417 e. The Balaban J connectivity index is 2.25. The topological polar surface area (TPSA) is 53.2 Å². The van der Waals surface area contributed by atoms with Crippen LogP contribution in [0.5, 0.6) is 0 Å². The molecule has 0 bridgehead atoms. The predicted octanol–water partition coefficient (Wildman–Crippen LogP) is 3.15. The molecule has 2 aromatic heterocycles. The molecular formula is C14H10F3N3OS. The van der Waals surface area contributed by atoms with E-state index in [0.717, 1.165) is 6.07 Å². The van der Waals surface area contributed by atoms with Gasteiger partial charge in [-0.15, -0.1) is 0 Å². The van der Waals surface area contributed by atoms with Gasteiger partial charge in [-0.1, -0.05) is 23.3 Å². The average molecular weight is 325 g/mol. The number of alkyl halides is 3. The number of benzene rings is 1. The van der Waals surface area contributed by atoms with Gasteiger partial charge in [0, 0.05) is 16.7 Å². The zero-order valence-electron chi connectivity index (χ0n) is 11.3. The summed E-state index contributed by atoms with van der Waals surface area (Å²) in [4.78, 5) is 3.93. The fourth-order valence-corrected chi connectivity index (χ4v) is 2.57. The summed E-state index contributed by atoms with van der Waals surface area (Å²) in [6, 6.07) is 8.43. The number of hydrogen-bond acceptors (Lipinski definition) is 3. The van der Waals surface area contributed by atoms with Gasteiger partial charge >= 0.3 is 11.3 Å². The molecule has 1 aromatic carbocycles. The molecule has 8 heteroatoms. The van der Waals surface area contributed by atoms with Crippen LogP contribution in [0.15, 0.2) is 47.8 Å². The summed E-state index contributed by atoms with van der Waals surface area (Å²) in [5.41, 5.74) is 0.0764. The van der Waals surface area contributed by atoms with Crippen molar-refractivity contribution in [3.63, 3.8) is 0 Å². The average Bonchev–Trinajstić information content (AvgIpc) is 2.89. The second kappa shape index (κ2) is 5.29. The fourth-order valence-electron chi connectivity index (χ4n) is 2.18. The number of hydrogen-bond donors (Lipinski definition) is 0. The third-order valence-electron chi connectivity index (χ3n) is 3.14. The standard InChI is InChI=1S/C14H10F3N3OS/c1-22(21)13-18-8-9-6-7-12(20(9)19-13)10-4-2-3-5-11(10)14(15,16)17/h2-8H,1H3. The van der Waals surface area contributed by atoms with Crippen LogP contribution in [-0.4, -0.2) is 25.4 Å². The van der Waals surface area contributed by atoms with Crippen molar-refractivity contribution in [2.24, 2.45) is 0 Å². The number of aromatic nitrogens is 3. The summed E-state index contributed by atoms with van der Waals surface area (Å²) >= 11 is -1.42. The van der Waals surface area contributed by atoms with E-state index >= 15 is 0 Å². The van der Waals surface area contributed by atoms with Crippen LogP contribution in [0.2, 0.25) is 0 Å². The minimum Gasteiger partial charge on any atom is -0.609 e. The van der Waals surface area contributed by atoms with Crippen LogP contribution in [0.1, 0.15) is 5.56 Å². The first kappa shape index (κ1) is 14.9. The van der Waals surface area contributed by atoms with E-state index in [4.69, 9.17) is 0 Å². The second-order valence-corrected chi connectivity index (χ2v) is 5.87. The molecule has 0 fully saturated rings. The minimum absolute atomic E-state index is 0.0153. The molecule has 0 saturated heterocycles. The van der Waals surface area contributed by atoms with Crippen LogP contribution in [-0.2, 0) is 17.4 Å². The molecule has 0 N–H and O–H groups in total. The van der Waals surface area contributed by atoms with Crippen LogP contribution in [0.3, 0.4) is 0 Å². The number of rotatable bonds is 2. The molecule has 4 nitrogen and oxygen atoms in total. The van der Waals surface area contributed by atoms with E-state index in [1.807, 2.05) is 0 Å². The number of fused-ring (bicyclic) bond motifs is 1. The van der Waals surface area contributed by atoms with Crippen molar-refractivity contribution in [1.29, 1.82) is 0 Å². The van der Waals surface area contributed by atoms with Gasteiger partial charge in [0.25, 0.3) is 0 Å². The van der Waals surface area contributed by atoms with Gasteiger partial charge in [0.1, 0.15) is 6.26 Å². The van der Waals surface area contributed by atoms with E-state index in [9.17, 15) is 17.7 Å². The van der Waals surface area contributed by atoms with Crippen molar-refractivity contribution in [3.8, 4) is 11.3 Å². The van der Waals surface area contributed by atoms with Crippen LogP contribution in [0, 0.1) is 0 Å². The van der Waals surface area contributed by atoms with Crippen LogP contribution in [0.25, 0.3) is 16.8 Å². The zero-order valence-corrected chi connectivity index (χ0v) is 12.1. The first-order valence-electron chi connectivity index (χ1n) is 6.23. The van der Waals surface area contributed by atoms with Crippen molar-refractivity contribution in [2.45, 2.75) is 11.3 Å². The van der Waals surface area contributed by atoms with E-state index in [0.29, 0.717) is 5.52 Å². The fraction of sp³-hybridized carbons (Fsp3) is 0.143. The van der Waals surface area contributed by atoms with Gasteiger partial charge in [-0.3, -0.25) is 0 Å². The van der Waals surface area contributed by atoms with Gasteiger partial charge in [-0.05, 0) is 18.2 Å². The van der Waals surface area contributed by atoms with Gasteiger partial charge < -0.3 is 4.55 Å². The quantitative estimate of drug-likeness (QED) is 0.680. The highest BCUT2D eigenvalue weighted by atomic mass is 32.2. The van der Waals surface area contributed by atoms with Gasteiger partial charge in [0.2, 0.25) is 0 Å². The van der Waals surface area contributed by atoms with Crippen molar-refractivity contribution >= 4 is 16.7 Å². The molecule has 0 aliphatic heterocycles. The van der Waals surface area contributed by atoms with E-state index in [2.05, 4.69) is 10.1 Å². The van der Waals surface area contributed by atoms with Crippen LogP contribution >= 0.6 is 0 Å². The maximum atomic E-state index is 13.2. The summed E-state index contributed by atoms with van der Waals surface area (Å²) in [5, 5.41) is 4.14. The minimum atomic E-state index is -4.47. The summed E-state index contributed by atoms with van der Waals surface area (Å²) in [6.45, 7) is 0. The van der Waals surface area contributed by atoms with Gasteiger partial charge in [-0.25, -0.2) is 4.52 Å². The maximum absolute atomic E-state index is 13.2. The monoisotopic (exact) mass is 325 g/mol. The molecule has 114 valence electrons. The lowest BCUT2D eigenvalue weighted by Crippen LogP contribution is -2.10. The SMILES string of the molecule is C[S+]([O-])c1ncc2ccc(-c3ccccc3C(F)(F)F)n2n1. The molecule has 1 atom stereocenters. The van der Waals surface area contributed by atoms with E-state index < -0.39 is 22.9 Å². The van der Waals surface area contributed by atoms with Crippen molar-refractivity contribution in [1.82, 2.24) is 14.6 Å². The van der Waals surface area contributed by atoms with E-state index in [-0.39, 0.29) is 16.4 Å². The van der Waals surface area contributed by atoms with Gasteiger partial charge in [0.15, 0.2) is 0 Å².